The van der Waals surface area contributed by atoms with E-state index in [-0.39, 0.29) is 10.7 Å². The maximum atomic E-state index is 13.5. The minimum Gasteiger partial charge on any atom is -0.296 e. The molecule has 0 saturated carbocycles. The summed E-state index contributed by atoms with van der Waals surface area (Å²) in [7, 11) is -2.19. The smallest absolute Gasteiger partial charge is 0.240 e. The van der Waals surface area contributed by atoms with Gasteiger partial charge in [-0.1, -0.05) is 6.07 Å². The fourth-order valence-corrected chi connectivity index (χ4v) is 3.17. The van der Waals surface area contributed by atoms with Crippen molar-refractivity contribution in [3.8, 4) is 5.69 Å². The first-order valence-corrected chi connectivity index (χ1v) is 8.09. The van der Waals surface area contributed by atoms with Crippen molar-refractivity contribution in [2.45, 2.75) is 11.8 Å². The summed E-state index contributed by atoms with van der Waals surface area (Å²) in [5.74, 6) is 0.284. The molecule has 0 spiro atoms. The maximum Gasteiger partial charge on any atom is 0.240 e. The summed E-state index contributed by atoms with van der Waals surface area (Å²) >= 11 is 0. The second-order valence-corrected chi connectivity index (χ2v) is 6.72. The van der Waals surface area contributed by atoms with Crippen molar-refractivity contribution < 1.29 is 12.8 Å². The molecule has 0 aliphatic rings. The molecule has 0 aliphatic carbocycles. The monoisotopic (exact) mass is 319 g/mol. The average molecular weight is 319 g/mol. The third-order valence-electron chi connectivity index (χ3n) is 3.44. The molecule has 5 nitrogen and oxygen atoms in total. The summed E-state index contributed by atoms with van der Waals surface area (Å²) in [5.41, 5.74) is 1.86. The molecule has 0 radical (unpaired) electrons. The van der Waals surface area contributed by atoms with Gasteiger partial charge < -0.3 is 0 Å². The minimum absolute atomic E-state index is 0.144. The van der Waals surface area contributed by atoms with E-state index in [2.05, 4.69) is 9.71 Å². The van der Waals surface area contributed by atoms with Gasteiger partial charge in [0.05, 0.1) is 15.9 Å². The Balaban J connectivity index is 2.26. The largest absolute Gasteiger partial charge is 0.296 e. The van der Waals surface area contributed by atoms with Gasteiger partial charge in [0.15, 0.2) is 0 Å². The van der Waals surface area contributed by atoms with Gasteiger partial charge in [-0.05, 0) is 44.3 Å². The Morgan fingerprint density at radius 1 is 1.18 bits per heavy atom. The zero-order valence-electron chi connectivity index (χ0n) is 12.0. The number of aryl methyl sites for hydroxylation is 1. The molecule has 1 heterocycles. The number of aromatic nitrogens is 2. The standard InChI is InChI=1S/C15H14FN3O2S/c1-10-18-14-7-6-11(16)8-15(14)19(10)12-4-3-5-13(9-12)22(20,21)17-2/h3-9,17H,1-2H3. The molecule has 0 atom stereocenters. The van der Waals surface area contributed by atoms with Gasteiger partial charge in [0.25, 0.3) is 0 Å². The molecule has 0 unspecified atom stereocenters. The topological polar surface area (TPSA) is 64.0 Å². The lowest BCUT2D eigenvalue weighted by atomic mass is 10.2. The van der Waals surface area contributed by atoms with E-state index in [1.807, 2.05) is 0 Å². The zero-order chi connectivity index (χ0) is 15.9. The highest BCUT2D eigenvalue weighted by Crippen LogP contribution is 2.23. The molecule has 3 rings (SSSR count). The summed E-state index contributed by atoms with van der Waals surface area (Å²) in [6.07, 6.45) is 0. The molecule has 0 saturated heterocycles. The predicted molar refractivity (Wildman–Crippen MR) is 82.0 cm³/mol. The second kappa shape index (κ2) is 5.19. The number of hydrogen-bond acceptors (Lipinski definition) is 3. The van der Waals surface area contributed by atoms with Crippen molar-refractivity contribution in [3.05, 3.63) is 54.1 Å². The van der Waals surface area contributed by atoms with Crippen LogP contribution in [0.25, 0.3) is 16.7 Å². The second-order valence-electron chi connectivity index (χ2n) is 4.83. The Hall–Kier alpha value is -2.25. The van der Waals surface area contributed by atoms with Crippen LogP contribution < -0.4 is 4.72 Å². The van der Waals surface area contributed by atoms with E-state index in [4.69, 9.17) is 0 Å². The van der Waals surface area contributed by atoms with Crippen molar-refractivity contribution in [1.82, 2.24) is 14.3 Å². The van der Waals surface area contributed by atoms with Crippen LogP contribution in [-0.4, -0.2) is 25.0 Å². The number of halogens is 1. The molecule has 2 aromatic carbocycles. The molecule has 1 N–H and O–H groups in total. The fraction of sp³-hybridized carbons (Fsp3) is 0.133. The van der Waals surface area contributed by atoms with Gasteiger partial charge in [-0.25, -0.2) is 22.5 Å². The number of imidazole rings is 1. The van der Waals surface area contributed by atoms with Crippen molar-refractivity contribution in [3.63, 3.8) is 0 Å². The van der Waals surface area contributed by atoms with Crippen LogP contribution >= 0.6 is 0 Å². The number of fused-ring (bicyclic) bond motifs is 1. The summed E-state index contributed by atoms with van der Waals surface area (Å²) in [5, 5.41) is 0. The third-order valence-corrected chi connectivity index (χ3v) is 4.85. The lowest BCUT2D eigenvalue weighted by Gasteiger charge is -2.09. The molecule has 1 aromatic heterocycles. The fourth-order valence-electron chi connectivity index (χ4n) is 2.40. The van der Waals surface area contributed by atoms with Crippen molar-refractivity contribution >= 4 is 21.1 Å². The molecular weight excluding hydrogens is 305 g/mol. The first-order chi connectivity index (χ1) is 10.4. The summed E-state index contributed by atoms with van der Waals surface area (Å²) < 4.78 is 41.4. The SMILES string of the molecule is CNS(=O)(=O)c1cccc(-n2c(C)nc3ccc(F)cc32)c1. The highest BCUT2D eigenvalue weighted by atomic mass is 32.2. The van der Waals surface area contributed by atoms with Crippen LogP contribution in [0.4, 0.5) is 4.39 Å². The quantitative estimate of drug-likeness (QED) is 0.806. The molecular formula is C15H14FN3O2S. The van der Waals surface area contributed by atoms with Gasteiger partial charge in [-0.3, -0.25) is 4.57 Å². The molecule has 0 fully saturated rings. The Bertz CT molecular complexity index is 964. The van der Waals surface area contributed by atoms with E-state index in [1.54, 1.807) is 29.7 Å². The lowest BCUT2D eigenvalue weighted by molar-refractivity contribution is 0.588. The van der Waals surface area contributed by atoms with Crippen LogP contribution in [0.2, 0.25) is 0 Å². The van der Waals surface area contributed by atoms with Gasteiger partial charge in [0.2, 0.25) is 10.0 Å². The van der Waals surface area contributed by atoms with Crippen LogP contribution in [0, 0.1) is 12.7 Å². The Kier molecular flexibility index (Phi) is 3.46. The Labute approximate surface area is 127 Å². The highest BCUT2D eigenvalue weighted by molar-refractivity contribution is 7.89. The molecule has 7 heteroatoms. The van der Waals surface area contributed by atoms with Gasteiger partial charge >= 0.3 is 0 Å². The molecule has 0 bridgehead atoms. The van der Waals surface area contributed by atoms with E-state index < -0.39 is 10.0 Å². The number of benzene rings is 2. The first kappa shape index (κ1) is 14.7. The first-order valence-electron chi connectivity index (χ1n) is 6.61. The average Bonchev–Trinajstić information content (AvgIpc) is 2.82. The van der Waals surface area contributed by atoms with Gasteiger partial charge in [-0.2, -0.15) is 0 Å². The van der Waals surface area contributed by atoms with E-state index in [9.17, 15) is 12.8 Å². The molecule has 114 valence electrons. The molecule has 22 heavy (non-hydrogen) atoms. The van der Waals surface area contributed by atoms with Crippen molar-refractivity contribution in [1.29, 1.82) is 0 Å². The number of sulfonamides is 1. The highest BCUT2D eigenvalue weighted by Gasteiger charge is 2.15. The van der Waals surface area contributed by atoms with E-state index >= 15 is 0 Å². The van der Waals surface area contributed by atoms with Gasteiger partial charge in [0, 0.05) is 11.8 Å². The number of hydrogen-bond donors (Lipinski definition) is 1. The van der Waals surface area contributed by atoms with Crippen molar-refractivity contribution in [2.75, 3.05) is 7.05 Å². The van der Waals surface area contributed by atoms with Crippen LogP contribution in [0.5, 0.6) is 0 Å². The lowest BCUT2D eigenvalue weighted by Crippen LogP contribution is -2.18. The van der Waals surface area contributed by atoms with E-state index in [1.165, 1.54) is 31.3 Å². The van der Waals surface area contributed by atoms with Crippen molar-refractivity contribution in [2.24, 2.45) is 0 Å². The van der Waals surface area contributed by atoms with Gasteiger partial charge in [-0.15, -0.1) is 0 Å². The number of nitrogens with zero attached hydrogens (tertiary/aromatic N) is 2. The predicted octanol–water partition coefficient (Wildman–Crippen LogP) is 2.38. The zero-order valence-corrected chi connectivity index (χ0v) is 12.9. The van der Waals surface area contributed by atoms with Crippen LogP contribution in [-0.2, 0) is 10.0 Å². The third kappa shape index (κ3) is 2.38. The van der Waals surface area contributed by atoms with E-state index in [0.29, 0.717) is 22.5 Å². The van der Waals surface area contributed by atoms with Crippen LogP contribution in [0.15, 0.2) is 47.4 Å². The minimum atomic E-state index is -3.54. The number of nitrogens with one attached hydrogen (secondary N) is 1. The van der Waals surface area contributed by atoms with Crippen LogP contribution in [0.1, 0.15) is 5.82 Å². The normalized spacial score (nSPS) is 12.0. The summed E-state index contributed by atoms with van der Waals surface area (Å²) in [6.45, 7) is 1.79. The van der Waals surface area contributed by atoms with E-state index in [0.717, 1.165) is 0 Å². The van der Waals surface area contributed by atoms with Gasteiger partial charge in [0.1, 0.15) is 11.6 Å². The maximum absolute atomic E-state index is 13.5. The number of rotatable bonds is 3. The summed E-state index contributed by atoms with van der Waals surface area (Å²) in [6, 6.07) is 10.8. The Morgan fingerprint density at radius 2 is 1.95 bits per heavy atom. The molecule has 3 aromatic rings. The molecule has 0 aliphatic heterocycles. The Morgan fingerprint density at radius 3 is 2.68 bits per heavy atom. The molecule has 0 amide bonds. The van der Waals surface area contributed by atoms with Crippen LogP contribution in [0.3, 0.4) is 0 Å². The summed E-state index contributed by atoms with van der Waals surface area (Å²) in [4.78, 5) is 4.52.